The second-order valence-corrected chi connectivity index (χ2v) is 10.9. The number of carboxylic acids is 1. The number of nitrogens with zero attached hydrogens (tertiary/aromatic N) is 2. The molecular formula is C25H30N2O4S2. The van der Waals surface area contributed by atoms with Crippen LogP contribution in [0, 0.1) is 5.41 Å². The van der Waals surface area contributed by atoms with Crippen molar-refractivity contribution in [3.05, 3.63) is 58.2 Å². The summed E-state index contributed by atoms with van der Waals surface area (Å²) >= 11 is 3.62. The molecule has 0 unspecified atom stereocenters. The molecule has 1 aliphatic rings. The lowest BCUT2D eigenvalue weighted by atomic mass is 9.75. The minimum atomic E-state index is -0.706. The summed E-state index contributed by atoms with van der Waals surface area (Å²) in [4.78, 5) is 27.2. The average molecular weight is 487 g/mol. The third kappa shape index (κ3) is 5.62. The highest BCUT2D eigenvalue weighted by Crippen LogP contribution is 2.37. The summed E-state index contributed by atoms with van der Waals surface area (Å²) in [7, 11) is 1.61. The van der Waals surface area contributed by atoms with Crippen molar-refractivity contribution in [1.29, 1.82) is 0 Å². The molecule has 1 fully saturated rings. The van der Waals surface area contributed by atoms with Crippen molar-refractivity contribution in [3.63, 3.8) is 0 Å². The number of fused-ring (bicyclic) bond motifs is 1. The molecule has 1 saturated heterocycles. The molecule has 0 saturated carbocycles. The van der Waals surface area contributed by atoms with Gasteiger partial charge in [-0.15, -0.1) is 23.1 Å². The largest absolute Gasteiger partial charge is 0.497 e. The molecule has 6 nitrogen and oxygen atoms in total. The molecule has 0 radical (unpaired) electrons. The first-order chi connectivity index (χ1) is 16.0. The third-order valence-corrected chi connectivity index (χ3v) is 8.76. The maximum absolute atomic E-state index is 12.6. The fraction of sp³-hybridized carbons (Fsp3) is 0.440. The number of likely N-dealkylation sites (tertiary alicyclic amines) is 1. The normalized spacial score (nSPS) is 16.2. The lowest BCUT2D eigenvalue weighted by molar-refractivity contribution is -0.152. The van der Waals surface area contributed by atoms with Gasteiger partial charge >= 0.3 is 5.97 Å². The number of rotatable bonds is 10. The van der Waals surface area contributed by atoms with Crippen LogP contribution in [0.1, 0.15) is 25.7 Å². The molecule has 8 heteroatoms. The van der Waals surface area contributed by atoms with Gasteiger partial charge in [-0.1, -0.05) is 6.07 Å². The monoisotopic (exact) mass is 486 g/mol. The maximum atomic E-state index is 12.6. The molecule has 0 bridgehead atoms. The number of hydrogen-bond donors (Lipinski definition) is 1. The Kier molecular flexibility index (Phi) is 7.78. The first-order valence-corrected chi connectivity index (χ1v) is 13.2. The zero-order valence-corrected chi connectivity index (χ0v) is 20.5. The highest BCUT2D eigenvalue weighted by Gasteiger charge is 2.40. The summed E-state index contributed by atoms with van der Waals surface area (Å²) in [5.41, 5.74) is 0.0472. The van der Waals surface area contributed by atoms with E-state index < -0.39 is 11.4 Å². The number of pyridine rings is 1. The molecule has 2 aromatic heterocycles. The fourth-order valence-corrected chi connectivity index (χ4v) is 6.46. The van der Waals surface area contributed by atoms with Crippen molar-refractivity contribution in [2.45, 2.75) is 36.4 Å². The Morgan fingerprint density at radius 1 is 1.18 bits per heavy atom. The summed E-state index contributed by atoms with van der Waals surface area (Å²) in [6, 6.07) is 13.3. The van der Waals surface area contributed by atoms with Crippen molar-refractivity contribution in [2.75, 3.05) is 32.5 Å². The lowest BCUT2D eigenvalue weighted by Crippen LogP contribution is -2.45. The summed E-state index contributed by atoms with van der Waals surface area (Å²) in [5, 5.41) is 13.1. The lowest BCUT2D eigenvalue weighted by Gasteiger charge is -2.39. The first-order valence-electron chi connectivity index (χ1n) is 11.3. The number of methoxy groups -OCH3 is 1. The van der Waals surface area contributed by atoms with E-state index in [1.54, 1.807) is 29.1 Å². The van der Waals surface area contributed by atoms with E-state index in [0.717, 1.165) is 36.3 Å². The van der Waals surface area contributed by atoms with Gasteiger partial charge in [0.2, 0.25) is 0 Å². The predicted molar refractivity (Wildman–Crippen MR) is 135 cm³/mol. The SMILES string of the molecule is COc1ccc2ccc(=O)n(CCCC3(C(=O)O)CCN(CCSc4cccs4)CC3)c2c1. The van der Waals surface area contributed by atoms with Gasteiger partial charge in [0.1, 0.15) is 5.75 Å². The van der Waals surface area contributed by atoms with Crippen LogP contribution in [0.4, 0.5) is 0 Å². The average Bonchev–Trinajstić information content (AvgIpc) is 3.34. The Labute approximate surface area is 202 Å². The van der Waals surface area contributed by atoms with Crippen molar-refractivity contribution < 1.29 is 14.6 Å². The number of ether oxygens (including phenoxy) is 1. The van der Waals surface area contributed by atoms with E-state index >= 15 is 0 Å². The van der Waals surface area contributed by atoms with E-state index in [0.29, 0.717) is 38.0 Å². The number of thioether (sulfide) groups is 1. The number of hydrogen-bond acceptors (Lipinski definition) is 6. The van der Waals surface area contributed by atoms with Crippen LogP contribution in [0.15, 0.2) is 56.8 Å². The molecule has 33 heavy (non-hydrogen) atoms. The smallest absolute Gasteiger partial charge is 0.309 e. The molecule has 1 aromatic carbocycles. The Morgan fingerprint density at radius 2 is 1.97 bits per heavy atom. The van der Waals surface area contributed by atoms with Crippen molar-refractivity contribution >= 4 is 40.0 Å². The molecule has 4 rings (SSSR count). The van der Waals surface area contributed by atoms with Gasteiger partial charge < -0.3 is 19.3 Å². The van der Waals surface area contributed by atoms with Gasteiger partial charge in [-0.05, 0) is 73.8 Å². The molecule has 0 amide bonds. The highest BCUT2D eigenvalue weighted by molar-refractivity contribution is 8.01. The van der Waals surface area contributed by atoms with Gasteiger partial charge in [0.25, 0.3) is 5.56 Å². The summed E-state index contributed by atoms with van der Waals surface area (Å²) in [6.07, 6.45) is 2.54. The predicted octanol–water partition coefficient (Wildman–Crippen LogP) is 4.81. The van der Waals surface area contributed by atoms with Crippen molar-refractivity contribution in [2.24, 2.45) is 5.41 Å². The minimum absolute atomic E-state index is 0.0711. The van der Waals surface area contributed by atoms with Crippen LogP contribution in [0.3, 0.4) is 0 Å². The Balaban J connectivity index is 1.35. The van der Waals surface area contributed by atoms with Crippen LogP contribution >= 0.6 is 23.1 Å². The number of thiophene rings is 1. The number of carboxylic acid groups (broad SMARTS) is 1. The van der Waals surface area contributed by atoms with E-state index in [9.17, 15) is 14.7 Å². The van der Waals surface area contributed by atoms with E-state index in [1.165, 1.54) is 4.21 Å². The number of aliphatic carboxylic acids is 1. The molecule has 0 atom stereocenters. The quantitative estimate of drug-likeness (QED) is 0.415. The molecule has 0 aliphatic carbocycles. The van der Waals surface area contributed by atoms with E-state index in [-0.39, 0.29) is 5.56 Å². The Morgan fingerprint density at radius 3 is 2.67 bits per heavy atom. The van der Waals surface area contributed by atoms with Crippen LogP contribution in [0.2, 0.25) is 0 Å². The highest BCUT2D eigenvalue weighted by atomic mass is 32.2. The second kappa shape index (κ2) is 10.8. The number of benzene rings is 1. The summed E-state index contributed by atoms with van der Waals surface area (Å²) < 4.78 is 8.39. The van der Waals surface area contributed by atoms with Crippen LogP contribution in [0.5, 0.6) is 5.75 Å². The maximum Gasteiger partial charge on any atom is 0.309 e. The molecule has 3 heterocycles. The van der Waals surface area contributed by atoms with Gasteiger partial charge in [0.05, 0.1) is 22.3 Å². The van der Waals surface area contributed by atoms with Gasteiger partial charge in [-0.2, -0.15) is 0 Å². The Hall–Kier alpha value is -2.29. The van der Waals surface area contributed by atoms with Crippen molar-refractivity contribution in [1.82, 2.24) is 9.47 Å². The fourth-order valence-electron chi connectivity index (χ4n) is 4.60. The van der Waals surface area contributed by atoms with Crippen LogP contribution in [0.25, 0.3) is 10.9 Å². The zero-order chi connectivity index (χ0) is 23.3. The number of carbonyl (C=O) groups is 1. The summed E-state index contributed by atoms with van der Waals surface area (Å²) in [5.74, 6) is 1.02. The van der Waals surface area contributed by atoms with Crippen LogP contribution < -0.4 is 10.3 Å². The van der Waals surface area contributed by atoms with Crippen LogP contribution in [-0.4, -0.2) is 53.0 Å². The molecule has 176 valence electrons. The topological polar surface area (TPSA) is 71.8 Å². The molecule has 3 aromatic rings. The summed E-state index contributed by atoms with van der Waals surface area (Å²) in [6.45, 7) is 3.09. The number of aromatic nitrogens is 1. The van der Waals surface area contributed by atoms with E-state index in [4.69, 9.17) is 4.74 Å². The Bertz CT molecular complexity index is 1140. The zero-order valence-electron chi connectivity index (χ0n) is 18.9. The standard InChI is InChI=1S/C25H30N2O4S2/c1-31-20-7-5-19-6-8-22(28)27(21(19)18-20)12-3-9-25(24(29)30)10-13-26(14-11-25)15-17-33-23-4-2-16-32-23/h2,4-8,16,18H,3,9-15,17H2,1H3,(H,29,30). The first kappa shape index (κ1) is 23.9. The number of aryl methyl sites for hydroxylation is 1. The van der Waals surface area contributed by atoms with E-state index in [1.807, 2.05) is 36.0 Å². The molecule has 1 N–H and O–H groups in total. The molecule has 1 aliphatic heterocycles. The van der Waals surface area contributed by atoms with Gasteiger partial charge in [0.15, 0.2) is 0 Å². The van der Waals surface area contributed by atoms with Crippen molar-refractivity contribution in [3.8, 4) is 5.75 Å². The van der Waals surface area contributed by atoms with Gasteiger partial charge in [0, 0.05) is 31.0 Å². The third-order valence-electron chi connectivity index (χ3n) is 6.65. The van der Waals surface area contributed by atoms with Gasteiger partial charge in [-0.25, -0.2) is 0 Å². The number of piperidine rings is 1. The second-order valence-electron chi connectivity index (χ2n) is 8.56. The molecule has 0 spiro atoms. The van der Waals surface area contributed by atoms with Crippen LogP contribution in [-0.2, 0) is 11.3 Å². The van der Waals surface area contributed by atoms with Gasteiger partial charge in [-0.3, -0.25) is 9.59 Å². The minimum Gasteiger partial charge on any atom is -0.497 e. The van der Waals surface area contributed by atoms with E-state index in [2.05, 4.69) is 22.4 Å². The molecular weight excluding hydrogens is 456 g/mol.